The van der Waals surface area contributed by atoms with Gasteiger partial charge in [0.15, 0.2) is 6.17 Å². The van der Waals surface area contributed by atoms with Gasteiger partial charge in [0.25, 0.3) is 0 Å². The van der Waals surface area contributed by atoms with Gasteiger partial charge in [0, 0.05) is 12.5 Å². The molecule has 1 aliphatic carbocycles. The highest BCUT2D eigenvalue weighted by Gasteiger charge is 2.50. The van der Waals surface area contributed by atoms with E-state index < -0.39 is 17.9 Å². The molecule has 2 fully saturated rings. The van der Waals surface area contributed by atoms with Gasteiger partial charge >= 0.3 is 0 Å². The Bertz CT molecular complexity index is 588. The Morgan fingerprint density at radius 2 is 2.30 bits per heavy atom. The quantitative estimate of drug-likeness (QED) is 0.591. The Labute approximate surface area is 134 Å². The number of hydrogen-bond donors (Lipinski definition) is 3. The molecule has 0 amide bonds. The zero-order valence-electron chi connectivity index (χ0n) is 12.7. The Morgan fingerprint density at radius 1 is 1.48 bits per heavy atom. The SMILES string of the molecule is C=C[C@]1(CO)O[C@@H](N2C=NC3C(NC4CC4)=NC=NC32)C[C@@H]1O. The molecule has 124 valence electrons. The van der Waals surface area contributed by atoms with Crippen molar-refractivity contribution < 1.29 is 14.9 Å². The summed E-state index contributed by atoms with van der Waals surface area (Å²) in [4.78, 5) is 15.1. The molecule has 4 aliphatic rings. The number of nitrogens with one attached hydrogen (secondary N) is 1. The summed E-state index contributed by atoms with van der Waals surface area (Å²) in [5, 5.41) is 23.2. The molecular weight excluding hydrogens is 298 g/mol. The molecular formula is C15H21N5O3. The van der Waals surface area contributed by atoms with E-state index in [1.54, 1.807) is 12.7 Å². The van der Waals surface area contributed by atoms with Gasteiger partial charge in [-0.3, -0.25) is 4.99 Å². The Balaban J connectivity index is 1.50. The van der Waals surface area contributed by atoms with E-state index in [4.69, 9.17) is 4.74 Å². The Hall–Kier alpha value is -1.77. The van der Waals surface area contributed by atoms with Crippen LogP contribution in [0.3, 0.4) is 0 Å². The molecule has 5 atom stereocenters. The standard InChI is InChI=1S/C15H21N5O3/c1-2-15(6-21)10(22)5-11(23-15)20-8-18-12-13(19-9-3-4-9)16-7-17-14(12)20/h2,7-12,14,21-22H,1,3-6H2,(H,16,17,19)/t10-,11+,12?,14?,15+/m0/s1. The molecule has 1 saturated heterocycles. The van der Waals surface area contributed by atoms with Crippen molar-refractivity contribution in [2.45, 2.75) is 55.4 Å². The lowest BCUT2D eigenvalue weighted by Gasteiger charge is -2.32. The first-order valence-corrected chi connectivity index (χ1v) is 7.94. The summed E-state index contributed by atoms with van der Waals surface area (Å²) >= 11 is 0. The van der Waals surface area contributed by atoms with Crippen LogP contribution in [-0.4, -0.2) is 76.4 Å². The van der Waals surface area contributed by atoms with E-state index in [2.05, 4.69) is 26.9 Å². The number of fused-ring (bicyclic) bond motifs is 1. The van der Waals surface area contributed by atoms with Crippen LogP contribution in [0.4, 0.5) is 0 Å². The van der Waals surface area contributed by atoms with Crippen molar-refractivity contribution in [2.24, 2.45) is 15.0 Å². The van der Waals surface area contributed by atoms with E-state index in [1.165, 1.54) is 6.08 Å². The molecule has 0 aromatic carbocycles. The van der Waals surface area contributed by atoms with Crippen LogP contribution in [0.5, 0.6) is 0 Å². The second-order valence-electron chi connectivity index (χ2n) is 6.41. The molecule has 23 heavy (non-hydrogen) atoms. The van der Waals surface area contributed by atoms with Gasteiger partial charge in [-0.05, 0) is 12.8 Å². The lowest BCUT2D eigenvalue weighted by atomic mass is 9.98. The fourth-order valence-corrected chi connectivity index (χ4v) is 3.22. The number of nitrogens with zero attached hydrogens (tertiary/aromatic N) is 4. The molecule has 0 aromatic heterocycles. The van der Waals surface area contributed by atoms with Gasteiger partial charge in [0.2, 0.25) is 0 Å². The number of aliphatic hydroxyl groups excluding tert-OH is 2. The smallest absolute Gasteiger partial charge is 0.155 e. The van der Waals surface area contributed by atoms with Crippen molar-refractivity contribution in [2.75, 3.05) is 6.61 Å². The van der Waals surface area contributed by atoms with Crippen molar-refractivity contribution in [1.82, 2.24) is 10.2 Å². The van der Waals surface area contributed by atoms with Crippen LogP contribution < -0.4 is 5.32 Å². The maximum absolute atomic E-state index is 10.2. The maximum Gasteiger partial charge on any atom is 0.155 e. The van der Waals surface area contributed by atoms with Crippen LogP contribution in [-0.2, 0) is 4.74 Å². The van der Waals surface area contributed by atoms with Gasteiger partial charge in [0.05, 0.1) is 19.0 Å². The molecule has 3 aliphatic heterocycles. The summed E-state index contributed by atoms with van der Waals surface area (Å²) < 4.78 is 5.90. The summed E-state index contributed by atoms with van der Waals surface area (Å²) in [6.07, 6.45) is 5.95. The first-order chi connectivity index (χ1) is 11.2. The molecule has 0 spiro atoms. The van der Waals surface area contributed by atoms with E-state index in [0.29, 0.717) is 12.5 Å². The molecule has 3 N–H and O–H groups in total. The van der Waals surface area contributed by atoms with Gasteiger partial charge in [-0.15, -0.1) is 6.58 Å². The average Bonchev–Trinajstić information content (AvgIpc) is 3.16. The fourth-order valence-electron chi connectivity index (χ4n) is 3.22. The van der Waals surface area contributed by atoms with Gasteiger partial charge in [-0.2, -0.15) is 0 Å². The van der Waals surface area contributed by atoms with Crippen LogP contribution in [0, 0.1) is 0 Å². The molecule has 3 heterocycles. The van der Waals surface area contributed by atoms with Crippen molar-refractivity contribution in [3.8, 4) is 0 Å². The van der Waals surface area contributed by atoms with Crippen LogP contribution in [0.1, 0.15) is 19.3 Å². The third-order valence-corrected chi connectivity index (χ3v) is 4.84. The van der Waals surface area contributed by atoms with E-state index in [9.17, 15) is 10.2 Å². The summed E-state index contributed by atoms with van der Waals surface area (Å²) in [6.45, 7) is 3.36. The average molecular weight is 319 g/mol. The van der Waals surface area contributed by atoms with E-state index in [1.807, 2.05) is 4.90 Å². The maximum atomic E-state index is 10.2. The minimum absolute atomic E-state index is 0.172. The Morgan fingerprint density at radius 3 is 2.96 bits per heavy atom. The molecule has 0 aromatic rings. The highest BCUT2D eigenvalue weighted by molar-refractivity contribution is 5.97. The van der Waals surface area contributed by atoms with Crippen LogP contribution in [0.2, 0.25) is 0 Å². The lowest BCUT2D eigenvalue weighted by Crippen LogP contribution is -2.50. The number of aliphatic hydroxyl groups is 2. The number of hydrogen-bond acceptors (Lipinski definition) is 8. The zero-order valence-corrected chi connectivity index (χ0v) is 12.7. The monoisotopic (exact) mass is 319 g/mol. The number of amidine groups is 1. The van der Waals surface area contributed by atoms with Crippen LogP contribution in [0.25, 0.3) is 0 Å². The van der Waals surface area contributed by atoms with E-state index in [0.717, 1.165) is 18.7 Å². The minimum atomic E-state index is -1.13. The topological polar surface area (TPSA) is 102 Å². The van der Waals surface area contributed by atoms with E-state index in [-0.39, 0.29) is 18.8 Å². The lowest BCUT2D eigenvalue weighted by molar-refractivity contribution is -0.108. The zero-order chi connectivity index (χ0) is 16.0. The van der Waals surface area contributed by atoms with Gasteiger partial charge in [-0.1, -0.05) is 6.08 Å². The van der Waals surface area contributed by atoms with Crippen molar-refractivity contribution in [3.05, 3.63) is 12.7 Å². The van der Waals surface area contributed by atoms with Crippen molar-refractivity contribution in [3.63, 3.8) is 0 Å². The third kappa shape index (κ3) is 2.37. The summed E-state index contributed by atoms with van der Waals surface area (Å²) in [5.41, 5.74) is -1.13. The van der Waals surface area contributed by atoms with Gasteiger partial charge in [-0.25, -0.2) is 9.98 Å². The first kappa shape index (κ1) is 14.8. The fraction of sp³-hybridized carbons (Fsp3) is 0.667. The summed E-state index contributed by atoms with van der Waals surface area (Å²) in [5.74, 6) is 0.835. The second kappa shape index (κ2) is 5.40. The van der Waals surface area contributed by atoms with Crippen molar-refractivity contribution in [1.29, 1.82) is 0 Å². The van der Waals surface area contributed by atoms with Crippen LogP contribution in [0.15, 0.2) is 27.6 Å². The molecule has 8 nitrogen and oxygen atoms in total. The van der Waals surface area contributed by atoms with Crippen molar-refractivity contribution >= 4 is 18.5 Å². The number of ether oxygens (including phenoxy) is 1. The van der Waals surface area contributed by atoms with Gasteiger partial charge in [0.1, 0.15) is 30.0 Å². The Kier molecular flexibility index (Phi) is 3.47. The third-order valence-electron chi connectivity index (χ3n) is 4.84. The van der Waals surface area contributed by atoms with Gasteiger partial charge < -0.3 is 25.2 Å². The highest BCUT2D eigenvalue weighted by Crippen LogP contribution is 2.36. The first-order valence-electron chi connectivity index (χ1n) is 7.94. The second-order valence-corrected chi connectivity index (χ2v) is 6.41. The molecule has 8 heteroatoms. The summed E-state index contributed by atoms with van der Waals surface area (Å²) in [6, 6.07) is 0.326. The normalized spacial score (nSPS) is 41.8. The molecule has 2 unspecified atom stereocenters. The molecule has 4 rings (SSSR count). The molecule has 1 saturated carbocycles. The number of rotatable bonds is 4. The van der Waals surface area contributed by atoms with E-state index >= 15 is 0 Å². The predicted octanol–water partition coefficient (Wildman–Crippen LogP) is -0.758. The highest BCUT2D eigenvalue weighted by atomic mass is 16.6. The summed E-state index contributed by atoms with van der Waals surface area (Å²) in [7, 11) is 0. The largest absolute Gasteiger partial charge is 0.393 e. The minimum Gasteiger partial charge on any atom is -0.393 e. The molecule has 0 bridgehead atoms. The predicted molar refractivity (Wildman–Crippen MR) is 85.5 cm³/mol. The van der Waals surface area contributed by atoms with Crippen LogP contribution >= 0.6 is 0 Å². The number of aliphatic imine (C=N–C) groups is 3. The molecule has 0 radical (unpaired) electrons.